The topological polar surface area (TPSA) is 58.6 Å². The molecule has 1 saturated carbocycles. The van der Waals surface area contributed by atoms with Crippen LogP contribution in [0.25, 0.3) is 0 Å². The van der Waals surface area contributed by atoms with E-state index in [9.17, 15) is 9.59 Å². The molecule has 1 aliphatic heterocycles. The minimum Gasteiger partial charge on any atom is -0.484 e. The summed E-state index contributed by atoms with van der Waals surface area (Å²) in [5.41, 5.74) is 3.50. The molecule has 1 aliphatic carbocycles. The molecule has 4 rings (SSSR count). The number of aryl methyl sites for hydroxylation is 1. The van der Waals surface area contributed by atoms with Crippen LogP contribution in [0, 0.1) is 6.92 Å². The lowest BCUT2D eigenvalue weighted by atomic mass is 9.78. The smallest absolute Gasteiger partial charge is 0.257 e. The number of amides is 2. The molecule has 2 aromatic carbocycles. The summed E-state index contributed by atoms with van der Waals surface area (Å²) < 4.78 is 5.67. The van der Waals surface area contributed by atoms with Crippen molar-refractivity contribution in [2.45, 2.75) is 50.9 Å². The zero-order chi connectivity index (χ0) is 21.0. The first-order valence-corrected chi connectivity index (χ1v) is 10.9. The lowest BCUT2D eigenvalue weighted by molar-refractivity contribution is -0.123. The lowest BCUT2D eigenvalue weighted by Crippen LogP contribution is -2.40. The molecule has 2 aliphatic rings. The van der Waals surface area contributed by atoms with Crippen LogP contribution in [-0.2, 0) is 15.0 Å². The molecule has 5 nitrogen and oxygen atoms in total. The third-order valence-electron chi connectivity index (χ3n) is 6.41. The Morgan fingerprint density at radius 3 is 2.53 bits per heavy atom. The number of nitrogens with one attached hydrogen (secondary N) is 1. The summed E-state index contributed by atoms with van der Waals surface area (Å²) >= 11 is 0. The van der Waals surface area contributed by atoms with E-state index in [1.807, 2.05) is 24.3 Å². The molecule has 0 spiro atoms. The number of nitrogens with zero attached hydrogens (tertiary/aromatic N) is 1. The molecule has 0 bridgehead atoms. The molecule has 2 amide bonds. The fraction of sp³-hybridized carbons (Fsp3) is 0.440. The molecule has 30 heavy (non-hydrogen) atoms. The van der Waals surface area contributed by atoms with Crippen LogP contribution in [0.2, 0.25) is 0 Å². The molecule has 0 aromatic heterocycles. The van der Waals surface area contributed by atoms with E-state index in [4.69, 9.17) is 4.74 Å². The highest BCUT2D eigenvalue weighted by Crippen LogP contribution is 2.40. The Morgan fingerprint density at radius 1 is 1.10 bits per heavy atom. The second-order valence-corrected chi connectivity index (χ2v) is 8.57. The van der Waals surface area contributed by atoms with Crippen molar-refractivity contribution in [2.24, 2.45) is 0 Å². The van der Waals surface area contributed by atoms with Crippen molar-refractivity contribution in [1.29, 1.82) is 0 Å². The van der Waals surface area contributed by atoms with E-state index in [1.54, 1.807) is 4.90 Å². The number of rotatable bonds is 7. The van der Waals surface area contributed by atoms with Gasteiger partial charge in [0.2, 0.25) is 5.91 Å². The number of ether oxygens (including phenoxy) is 1. The quantitative estimate of drug-likeness (QED) is 0.752. The Balaban J connectivity index is 1.31. The van der Waals surface area contributed by atoms with E-state index in [2.05, 4.69) is 36.5 Å². The van der Waals surface area contributed by atoms with E-state index in [1.165, 1.54) is 24.0 Å². The Morgan fingerprint density at radius 2 is 1.87 bits per heavy atom. The van der Waals surface area contributed by atoms with Crippen LogP contribution in [0.1, 0.15) is 49.7 Å². The molecule has 0 unspecified atom stereocenters. The molecule has 1 heterocycles. The van der Waals surface area contributed by atoms with Gasteiger partial charge in [-0.1, -0.05) is 42.7 Å². The van der Waals surface area contributed by atoms with Gasteiger partial charge in [0.25, 0.3) is 5.91 Å². The van der Waals surface area contributed by atoms with Crippen LogP contribution in [0.15, 0.2) is 48.5 Å². The average Bonchev–Trinajstić information content (AvgIpc) is 3.41. The van der Waals surface area contributed by atoms with Crippen molar-refractivity contribution in [3.63, 3.8) is 0 Å². The third-order valence-corrected chi connectivity index (χ3v) is 6.41. The molecule has 5 heteroatoms. The minimum absolute atomic E-state index is 0.00805. The Labute approximate surface area is 178 Å². The monoisotopic (exact) mass is 406 g/mol. The normalized spacial score (nSPS) is 17.9. The first kappa shape index (κ1) is 20.5. The highest BCUT2D eigenvalue weighted by atomic mass is 16.5. The van der Waals surface area contributed by atoms with E-state index in [0.717, 1.165) is 31.5 Å². The van der Waals surface area contributed by atoms with Gasteiger partial charge in [-0.05, 0) is 56.0 Å². The van der Waals surface area contributed by atoms with E-state index in [-0.39, 0.29) is 23.8 Å². The summed E-state index contributed by atoms with van der Waals surface area (Å²) in [5, 5.41) is 3.10. The van der Waals surface area contributed by atoms with E-state index < -0.39 is 0 Å². The molecule has 158 valence electrons. The fourth-order valence-corrected chi connectivity index (χ4v) is 4.71. The third kappa shape index (κ3) is 4.50. The second-order valence-electron chi connectivity index (χ2n) is 8.57. The summed E-state index contributed by atoms with van der Waals surface area (Å²) in [6.45, 7) is 3.52. The summed E-state index contributed by atoms with van der Waals surface area (Å²) in [6, 6.07) is 16.1. The van der Waals surface area contributed by atoms with Crippen LogP contribution in [0.4, 0.5) is 5.69 Å². The van der Waals surface area contributed by atoms with Gasteiger partial charge in [0.15, 0.2) is 6.61 Å². The SMILES string of the molecule is Cc1cccc(C2(CNC(=O)COc3ccc(N4CCCC4=O)cc3)CCCC2)c1. The summed E-state index contributed by atoms with van der Waals surface area (Å²) in [5.74, 6) is 0.694. The van der Waals surface area contributed by atoms with Crippen LogP contribution in [0.3, 0.4) is 0 Å². The highest BCUT2D eigenvalue weighted by Gasteiger charge is 2.36. The van der Waals surface area contributed by atoms with Crippen molar-refractivity contribution in [1.82, 2.24) is 5.32 Å². The van der Waals surface area contributed by atoms with Gasteiger partial charge in [-0.2, -0.15) is 0 Å². The summed E-state index contributed by atoms with van der Waals surface area (Å²) in [6.07, 6.45) is 6.13. The van der Waals surface area contributed by atoms with Crippen molar-refractivity contribution in [2.75, 3.05) is 24.6 Å². The minimum atomic E-state index is -0.104. The highest BCUT2D eigenvalue weighted by molar-refractivity contribution is 5.95. The van der Waals surface area contributed by atoms with Crippen LogP contribution in [-0.4, -0.2) is 31.5 Å². The number of anilines is 1. The van der Waals surface area contributed by atoms with Gasteiger partial charge in [0, 0.05) is 30.6 Å². The number of hydrogen-bond donors (Lipinski definition) is 1. The average molecular weight is 407 g/mol. The van der Waals surface area contributed by atoms with E-state index >= 15 is 0 Å². The van der Waals surface area contributed by atoms with Gasteiger partial charge in [0.1, 0.15) is 5.75 Å². The maximum atomic E-state index is 12.4. The maximum Gasteiger partial charge on any atom is 0.257 e. The largest absolute Gasteiger partial charge is 0.484 e. The van der Waals surface area contributed by atoms with Crippen molar-refractivity contribution < 1.29 is 14.3 Å². The van der Waals surface area contributed by atoms with Crippen LogP contribution in [0.5, 0.6) is 5.75 Å². The fourth-order valence-electron chi connectivity index (χ4n) is 4.71. The summed E-state index contributed by atoms with van der Waals surface area (Å²) in [4.78, 5) is 26.1. The van der Waals surface area contributed by atoms with Gasteiger partial charge in [-0.25, -0.2) is 0 Å². The molecule has 1 saturated heterocycles. The van der Waals surface area contributed by atoms with Gasteiger partial charge in [-0.15, -0.1) is 0 Å². The predicted octanol–water partition coefficient (Wildman–Crippen LogP) is 4.13. The molecule has 0 atom stereocenters. The Bertz CT molecular complexity index is 901. The second kappa shape index (κ2) is 8.90. The number of carbonyl (C=O) groups excluding carboxylic acids is 2. The molecule has 0 radical (unpaired) electrons. The standard InChI is InChI=1S/C25H30N2O3/c1-19-6-4-7-20(16-19)25(13-2-3-14-25)18-26-23(28)17-30-22-11-9-21(10-12-22)27-15-5-8-24(27)29/h4,6-7,9-12,16H,2-3,5,8,13-15,17-18H2,1H3,(H,26,28). The zero-order valence-electron chi connectivity index (χ0n) is 17.7. The predicted molar refractivity (Wildman–Crippen MR) is 118 cm³/mol. The van der Waals surface area contributed by atoms with E-state index in [0.29, 0.717) is 18.7 Å². The van der Waals surface area contributed by atoms with Crippen molar-refractivity contribution >= 4 is 17.5 Å². The maximum absolute atomic E-state index is 12.4. The number of carbonyl (C=O) groups is 2. The van der Waals surface area contributed by atoms with Crippen molar-refractivity contribution in [3.8, 4) is 5.75 Å². The zero-order valence-corrected chi connectivity index (χ0v) is 17.7. The van der Waals surface area contributed by atoms with Gasteiger partial charge >= 0.3 is 0 Å². The molecular weight excluding hydrogens is 376 g/mol. The molecule has 2 fully saturated rings. The Kier molecular flexibility index (Phi) is 6.07. The first-order chi connectivity index (χ1) is 14.6. The van der Waals surface area contributed by atoms with Crippen LogP contribution < -0.4 is 15.0 Å². The Hall–Kier alpha value is -2.82. The lowest BCUT2D eigenvalue weighted by Gasteiger charge is -2.30. The van der Waals surface area contributed by atoms with Gasteiger partial charge < -0.3 is 15.0 Å². The molecule has 1 N–H and O–H groups in total. The van der Waals surface area contributed by atoms with Gasteiger partial charge in [-0.3, -0.25) is 9.59 Å². The molecule has 2 aromatic rings. The van der Waals surface area contributed by atoms with Gasteiger partial charge in [0.05, 0.1) is 0 Å². The number of hydrogen-bond acceptors (Lipinski definition) is 3. The summed E-state index contributed by atoms with van der Waals surface area (Å²) in [7, 11) is 0. The van der Waals surface area contributed by atoms with Crippen molar-refractivity contribution in [3.05, 3.63) is 59.7 Å². The first-order valence-electron chi connectivity index (χ1n) is 10.9. The number of benzene rings is 2. The molecular formula is C25H30N2O3. The van der Waals surface area contributed by atoms with Crippen LogP contribution >= 0.6 is 0 Å².